The van der Waals surface area contributed by atoms with Gasteiger partial charge < -0.3 is 4.90 Å². The Labute approximate surface area is 362 Å². The molecule has 0 N–H and O–H groups in total. The summed E-state index contributed by atoms with van der Waals surface area (Å²) in [6.07, 6.45) is 0. The van der Waals surface area contributed by atoms with Gasteiger partial charge in [-0.25, -0.2) is 0 Å². The van der Waals surface area contributed by atoms with Gasteiger partial charge in [0.25, 0.3) is 0 Å². The highest BCUT2D eigenvalue weighted by Gasteiger charge is 2.18. The smallest absolute Gasteiger partial charge is 0.0540 e. The van der Waals surface area contributed by atoms with E-state index in [1.165, 1.54) is 95.6 Å². The number of rotatable bonds is 7. The molecule has 1 nitrogen and oxygen atoms in total. The van der Waals surface area contributed by atoms with E-state index < -0.39 is 0 Å². The summed E-state index contributed by atoms with van der Waals surface area (Å²) in [7, 11) is 0. The van der Waals surface area contributed by atoms with Crippen LogP contribution >= 0.6 is 22.7 Å². The van der Waals surface area contributed by atoms with Crippen molar-refractivity contribution in [1.29, 1.82) is 0 Å². The Morgan fingerprint density at radius 3 is 1.49 bits per heavy atom. The van der Waals surface area contributed by atoms with Crippen molar-refractivity contribution in [2.24, 2.45) is 0 Å². The Balaban J connectivity index is 0.902. The maximum Gasteiger partial charge on any atom is 0.0540 e. The highest BCUT2D eigenvalue weighted by atomic mass is 32.1. The molecule has 0 amide bonds. The van der Waals surface area contributed by atoms with Gasteiger partial charge in [-0.3, -0.25) is 0 Å². The molecule has 0 radical (unpaired) electrons. The van der Waals surface area contributed by atoms with E-state index in [4.69, 9.17) is 0 Å². The van der Waals surface area contributed by atoms with Gasteiger partial charge in [0.1, 0.15) is 0 Å². The number of hydrogen-bond donors (Lipinski definition) is 0. The molecule has 12 rings (SSSR count). The minimum absolute atomic E-state index is 1.12. The first-order valence-corrected chi connectivity index (χ1v) is 22.4. The van der Waals surface area contributed by atoms with E-state index in [0.29, 0.717) is 0 Å². The summed E-state index contributed by atoms with van der Waals surface area (Å²) in [6, 6.07) is 82.3. The molecule has 61 heavy (non-hydrogen) atoms. The number of benzene rings is 10. The van der Waals surface area contributed by atoms with Crippen LogP contribution in [0.2, 0.25) is 0 Å². The van der Waals surface area contributed by atoms with Crippen molar-refractivity contribution in [2.75, 3.05) is 4.90 Å². The van der Waals surface area contributed by atoms with Gasteiger partial charge in [-0.2, -0.15) is 0 Å². The van der Waals surface area contributed by atoms with Crippen molar-refractivity contribution < 1.29 is 0 Å². The van der Waals surface area contributed by atoms with E-state index in [1.807, 2.05) is 22.7 Å². The molecule has 0 bridgehead atoms. The first-order valence-electron chi connectivity index (χ1n) is 20.7. The topological polar surface area (TPSA) is 3.24 Å². The molecule has 0 fully saturated rings. The largest absolute Gasteiger partial charge is 0.310 e. The zero-order chi connectivity index (χ0) is 40.3. The standard InChI is InChI=1S/C58H37NS2/c1-3-12-38(13-4-1)42-28-34-56-52(36-42)53-37-43(29-35-57(53)60-56)39-22-24-40(25-23-39)46-32-33-54(49-17-8-7-16-48(46)49)59(44-14-5-2-6-15-44)45-30-26-41(27-31-45)47-19-11-20-51-50-18-9-10-21-55(50)61-58(47)51/h1-37H. The molecule has 0 aliphatic heterocycles. The van der Waals surface area contributed by atoms with Crippen LogP contribution in [0.4, 0.5) is 17.1 Å². The molecule has 2 aromatic heterocycles. The second kappa shape index (κ2) is 14.8. The molecular weight excluding hydrogens is 775 g/mol. The van der Waals surface area contributed by atoms with Crippen LogP contribution in [0.1, 0.15) is 0 Å². The predicted molar refractivity (Wildman–Crippen MR) is 266 cm³/mol. The van der Waals surface area contributed by atoms with Crippen molar-refractivity contribution in [3.8, 4) is 44.5 Å². The van der Waals surface area contributed by atoms with Gasteiger partial charge in [0.2, 0.25) is 0 Å². The molecule has 286 valence electrons. The van der Waals surface area contributed by atoms with Crippen molar-refractivity contribution in [3.63, 3.8) is 0 Å². The Kier molecular flexibility index (Phi) is 8.62. The third-order valence-electron chi connectivity index (χ3n) is 12.1. The zero-order valence-corrected chi connectivity index (χ0v) is 34.8. The van der Waals surface area contributed by atoms with Gasteiger partial charge in [-0.05, 0) is 111 Å². The van der Waals surface area contributed by atoms with E-state index in [-0.39, 0.29) is 0 Å². The van der Waals surface area contributed by atoms with Crippen LogP contribution in [0, 0.1) is 0 Å². The first-order chi connectivity index (χ1) is 30.2. The molecule has 0 saturated heterocycles. The molecule has 0 aliphatic rings. The Bertz CT molecular complexity index is 3560. The fraction of sp³-hybridized carbons (Fsp3) is 0. The number of hydrogen-bond acceptors (Lipinski definition) is 3. The average molecular weight is 812 g/mol. The second-order valence-electron chi connectivity index (χ2n) is 15.6. The fourth-order valence-electron chi connectivity index (χ4n) is 9.11. The Hall–Kier alpha value is -7.30. The molecule has 0 aliphatic carbocycles. The minimum Gasteiger partial charge on any atom is -0.310 e. The summed E-state index contributed by atoms with van der Waals surface area (Å²) in [5.41, 5.74) is 13.2. The number of fused-ring (bicyclic) bond motifs is 7. The highest BCUT2D eigenvalue weighted by Crippen LogP contribution is 2.45. The maximum absolute atomic E-state index is 2.39. The van der Waals surface area contributed by atoms with E-state index in [9.17, 15) is 0 Å². The lowest BCUT2D eigenvalue weighted by atomic mass is 9.94. The normalized spacial score (nSPS) is 11.6. The summed E-state index contributed by atoms with van der Waals surface area (Å²) in [5, 5.41) is 7.70. The van der Waals surface area contributed by atoms with E-state index >= 15 is 0 Å². The minimum atomic E-state index is 1.12. The van der Waals surface area contributed by atoms with Crippen LogP contribution in [0.25, 0.3) is 95.6 Å². The predicted octanol–water partition coefficient (Wildman–Crippen LogP) is 17.7. The van der Waals surface area contributed by atoms with Crippen LogP contribution in [0.5, 0.6) is 0 Å². The molecule has 12 aromatic rings. The van der Waals surface area contributed by atoms with Crippen LogP contribution in [0.3, 0.4) is 0 Å². The highest BCUT2D eigenvalue weighted by molar-refractivity contribution is 7.26. The lowest BCUT2D eigenvalue weighted by Crippen LogP contribution is -2.10. The van der Waals surface area contributed by atoms with Crippen molar-refractivity contribution >= 4 is 90.9 Å². The second-order valence-corrected chi connectivity index (χ2v) is 17.8. The van der Waals surface area contributed by atoms with E-state index in [0.717, 1.165) is 17.1 Å². The van der Waals surface area contributed by atoms with Crippen LogP contribution in [0.15, 0.2) is 224 Å². The van der Waals surface area contributed by atoms with Crippen LogP contribution in [-0.4, -0.2) is 0 Å². The quantitative estimate of drug-likeness (QED) is 0.155. The fourth-order valence-corrected chi connectivity index (χ4v) is 11.4. The molecule has 0 spiro atoms. The summed E-state index contributed by atoms with van der Waals surface area (Å²) >= 11 is 3.75. The Morgan fingerprint density at radius 2 is 0.770 bits per heavy atom. The van der Waals surface area contributed by atoms with Crippen molar-refractivity contribution in [2.45, 2.75) is 0 Å². The Morgan fingerprint density at radius 1 is 0.262 bits per heavy atom. The van der Waals surface area contributed by atoms with Crippen molar-refractivity contribution in [1.82, 2.24) is 0 Å². The van der Waals surface area contributed by atoms with Crippen molar-refractivity contribution in [3.05, 3.63) is 224 Å². The van der Waals surface area contributed by atoms with Crippen LogP contribution < -0.4 is 4.90 Å². The summed E-state index contributed by atoms with van der Waals surface area (Å²) in [6.45, 7) is 0. The summed E-state index contributed by atoms with van der Waals surface area (Å²) < 4.78 is 5.30. The van der Waals surface area contributed by atoms with Gasteiger partial charge in [-0.15, -0.1) is 22.7 Å². The van der Waals surface area contributed by atoms with Gasteiger partial charge >= 0.3 is 0 Å². The molecule has 10 aromatic carbocycles. The maximum atomic E-state index is 2.39. The molecular formula is C58H37NS2. The average Bonchev–Trinajstić information content (AvgIpc) is 3.90. The molecule has 0 atom stereocenters. The third-order valence-corrected chi connectivity index (χ3v) is 14.5. The van der Waals surface area contributed by atoms with Gasteiger partial charge in [0, 0.05) is 57.1 Å². The number of anilines is 3. The van der Waals surface area contributed by atoms with Crippen LogP contribution in [-0.2, 0) is 0 Å². The SMILES string of the molecule is c1ccc(-c2ccc3sc4ccc(-c5ccc(-c6ccc(N(c7ccccc7)c7ccc(-c8cccc9c8sc8ccccc89)cc7)c7ccccc67)cc5)cc4c3c2)cc1. The zero-order valence-electron chi connectivity index (χ0n) is 33.1. The lowest BCUT2D eigenvalue weighted by Gasteiger charge is -2.27. The molecule has 3 heteroatoms. The lowest BCUT2D eigenvalue weighted by molar-refractivity contribution is 1.30. The molecule has 0 unspecified atom stereocenters. The molecule has 0 saturated carbocycles. The summed E-state index contributed by atoms with van der Waals surface area (Å²) in [4.78, 5) is 2.39. The number of para-hydroxylation sites is 1. The third kappa shape index (κ3) is 6.21. The summed E-state index contributed by atoms with van der Waals surface area (Å²) in [5.74, 6) is 0. The van der Waals surface area contributed by atoms with E-state index in [1.54, 1.807) is 0 Å². The number of nitrogens with zero attached hydrogens (tertiary/aromatic N) is 1. The molecule has 2 heterocycles. The monoisotopic (exact) mass is 811 g/mol. The van der Waals surface area contributed by atoms with E-state index in [2.05, 4.69) is 229 Å². The van der Waals surface area contributed by atoms with Gasteiger partial charge in [0.05, 0.1) is 5.69 Å². The first kappa shape index (κ1) is 35.6. The number of thiophene rings is 2. The van der Waals surface area contributed by atoms with Gasteiger partial charge in [0.15, 0.2) is 0 Å². The van der Waals surface area contributed by atoms with Gasteiger partial charge in [-0.1, -0.05) is 164 Å².